The second kappa shape index (κ2) is 8.64. The molecule has 196 valence electrons. The van der Waals surface area contributed by atoms with Crippen molar-refractivity contribution >= 4 is 17.1 Å². The van der Waals surface area contributed by atoms with Crippen LogP contribution in [-0.4, -0.2) is 24.4 Å². The number of halogens is 6. The third kappa shape index (κ3) is 4.51. The summed E-state index contributed by atoms with van der Waals surface area (Å²) in [5.74, 6) is 0. The van der Waals surface area contributed by atoms with E-state index in [-0.39, 0.29) is 0 Å². The molecule has 0 saturated carbocycles. The maximum absolute atomic E-state index is 13.3. The van der Waals surface area contributed by atoms with Crippen molar-refractivity contribution in [1.82, 2.24) is 0 Å². The highest BCUT2D eigenvalue weighted by Gasteiger charge is 2.45. The van der Waals surface area contributed by atoms with Gasteiger partial charge in [-0.25, -0.2) is 0 Å². The molecule has 0 unspecified atom stereocenters. The number of hydrogen-bond donors (Lipinski definition) is 0. The number of nitrogens with zero attached hydrogens (tertiary/aromatic N) is 2. The van der Waals surface area contributed by atoms with Gasteiger partial charge in [0.25, 0.3) is 0 Å². The Bertz CT molecular complexity index is 1370. The van der Waals surface area contributed by atoms with E-state index in [1.807, 2.05) is 81.6 Å². The van der Waals surface area contributed by atoms with E-state index in [1.165, 1.54) is 24.3 Å². The molecular formula is C29H29F6N2+. The van der Waals surface area contributed by atoms with E-state index in [9.17, 15) is 26.3 Å². The van der Waals surface area contributed by atoms with Crippen LogP contribution in [0.1, 0.15) is 49.9 Å². The van der Waals surface area contributed by atoms with Crippen LogP contribution in [0, 0.1) is 0 Å². The Kier molecular flexibility index (Phi) is 6.25. The van der Waals surface area contributed by atoms with Gasteiger partial charge in [-0.3, -0.25) is 0 Å². The second-order valence-corrected chi connectivity index (χ2v) is 10.5. The van der Waals surface area contributed by atoms with Gasteiger partial charge in [-0.1, -0.05) is 32.1 Å². The average molecular weight is 520 g/mol. The Balaban J connectivity index is 1.58. The van der Waals surface area contributed by atoms with Crippen LogP contribution in [0.3, 0.4) is 0 Å². The summed E-state index contributed by atoms with van der Waals surface area (Å²) in [4.78, 5) is 1.89. The zero-order valence-corrected chi connectivity index (χ0v) is 21.5. The molecule has 4 rings (SSSR count). The first-order valence-electron chi connectivity index (χ1n) is 11.8. The molecule has 2 aromatic rings. The highest BCUT2D eigenvalue weighted by Crippen LogP contribution is 2.48. The molecule has 2 nitrogen and oxygen atoms in total. The maximum atomic E-state index is 13.3. The lowest BCUT2D eigenvalue weighted by Crippen LogP contribution is -2.26. The van der Waals surface area contributed by atoms with E-state index >= 15 is 0 Å². The van der Waals surface area contributed by atoms with Gasteiger partial charge < -0.3 is 4.90 Å². The lowest BCUT2D eigenvalue weighted by Gasteiger charge is -2.23. The number of alkyl halides is 6. The van der Waals surface area contributed by atoms with Crippen molar-refractivity contribution in [2.75, 3.05) is 19.0 Å². The fraction of sp³-hybridized carbons (Fsp3) is 0.345. The van der Waals surface area contributed by atoms with Crippen molar-refractivity contribution in [1.29, 1.82) is 0 Å². The Morgan fingerprint density at radius 3 is 1.92 bits per heavy atom. The lowest BCUT2D eigenvalue weighted by molar-refractivity contribution is -0.401. The van der Waals surface area contributed by atoms with Crippen LogP contribution in [0.2, 0.25) is 0 Å². The van der Waals surface area contributed by atoms with Gasteiger partial charge >= 0.3 is 12.4 Å². The molecule has 2 aliphatic heterocycles. The molecule has 2 aliphatic rings. The molecule has 37 heavy (non-hydrogen) atoms. The van der Waals surface area contributed by atoms with Gasteiger partial charge in [0.15, 0.2) is 5.71 Å². The van der Waals surface area contributed by atoms with E-state index in [1.54, 1.807) is 0 Å². The van der Waals surface area contributed by atoms with Crippen LogP contribution in [-0.2, 0) is 23.2 Å². The monoisotopic (exact) mass is 519 g/mol. The van der Waals surface area contributed by atoms with E-state index < -0.39 is 34.3 Å². The average Bonchev–Trinajstić information content (AvgIpc) is 3.10. The lowest BCUT2D eigenvalue weighted by atomic mass is 9.80. The van der Waals surface area contributed by atoms with Crippen LogP contribution < -0.4 is 4.90 Å². The Morgan fingerprint density at radius 2 is 1.32 bits per heavy atom. The van der Waals surface area contributed by atoms with E-state index in [0.717, 1.165) is 34.9 Å². The number of anilines is 1. The summed E-state index contributed by atoms with van der Waals surface area (Å²) in [6, 6.07) is 7.63. The third-order valence-electron chi connectivity index (χ3n) is 7.45. The van der Waals surface area contributed by atoms with Crippen molar-refractivity contribution in [3.8, 4) is 0 Å². The van der Waals surface area contributed by atoms with Crippen molar-refractivity contribution in [3.05, 3.63) is 94.7 Å². The van der Waals surface area contributed by atoms with Gasteiger partial charge in [-0.2, -0.15) is 30.9 Å². The Hall–Kier alpha value is -3.29. The molecule has 0 N–H and O–H groups in total. The number of likely N-dealkylation sites (N-methyl/N-ethyl adjacent to an activating group) is 1. The minimum atomic E-state index is -4.41. The van der Waals surface area contributed by atoms with Crippen molar-refractivity contribution < 1.29 is 30.9 Å². The molecule has 0 saturated heterocycles. The van der Waals surface area contributed by atoms with Gasteiger partial charge in [0.1, 0.15) is 7.05 Å². The molecule has 0 aliphatic carbocycles. The van der Waals surface area contributed by atoms with Crippen LogP contribution in [0.4, 0.5) is 37.7 Å². The van der Waals surface area contributed by atoms with Crippen LogP contribution >= 0.6 is 0 Å². The second-order valence-electron chi connectivity index (χ2n) is 10.5. The van der Waals surface area contributed by atoms with Gasteiger partial charge in [0, 0.05) is 41.6 Å². The Labute approximate surface area is 212 Å². The molecule has 0 atom stereocenters. The summed E-state index contributed by atoms with van der Waals surface area (Å²) in [6.07, 6.45) is 0.367. The first-order chi connectivity index (χ1) is 17.0. The van der Waals surface area contributed by atoms with Crippen LogP contribution in [0.5, 0.6) is 0 Å². The highest BCUT2D eigenvalue weighted by molar-refractivity contribution is 6.03. The first kappa shape index (κ1) is 26.8. The number of rotatable bonds is 3. The zero-order valence-electron chi connectivity index (χ0n) is 21.5. The fourth-order valence-electron chi connectivity index (χ4n) is 5.38. The van der Waals surface area contributed by atoms with E-state index in [0.29, 0.717) is 11.1 Å². The minimum absolute atomic E-state index is 0.612. The van der Waals surface area contributed by atoms with Crippen molar-refractivity contribution in [3.63, 3.8) is 0 Å². The summed E-state index contributed by atoms with van der Waals surface area (Å²) in [6.45, 7) is 7.57. The Morgan fingerprint density at radius 1 is 0.757 bits per heavy atom. The molecule has 0 bridgehead atoms. The summed E-state index contributed by atoms with van der Waals surface area (Å²) < 4.78 is 81.4. The van der Waals surface area contributed by atoms with Gasteiger partial charge in [0.2, 0.25) is 5.69 Å². The van der Waals surface area contributed by atoms with Gasteiger partial charge in [0.05, 0.1) is 16.5 Å². The zero-order chi connectivity index (χ0) is 27.6. The highest BCUT2D eigenvalue weighted by atomic mass is 19.4. The normalized spacial score (nSPS) is 20.0. The number of allylic oxidation sites excluding steroid dienone is 6. The molecular weight excluding hydrogens is 490 g/mol. The maximum Gasteiger partial charge on any atom is 0.416 e. The number of benzene rings is 2. The fourth-order valence-corrected chi connectivity index (χ4v) is 5.38. The van der Waals surface area contributed by atoms with Crippen LogP contribution in [0.15, 0.2) is 72.5 Å². The smallest absolute Gasteiger partial charge is 0.347 e. The van der Waals surface area contributed by atoms with Crippen molar-refractivity contribution in [2.45, 2.75) is 50.9 Å². The molecule has 8 heteroatoms. The molecule has 0 fully saturated rings. The minimum Gasteiger partial charge on any atom is -0.347 e. The quantitative estimate of drug-likeness (QED) is 0.225. The molecule has 0 aromatic heterocycles. The third-order valence-corrected chi connectivity index (χ3v) is 7.45. The van der Waals surface area contributed by atoms with E-state index in [2.05, 4.69) is 0 Å². The topological polar surface area (TPSA) is 6.25 Å². The summed E-state index contributed by atoms with van der Waals surface area (Å²) >= 11 is 0. The molecule has 2 heterocycles. The van der Waals surface area contributed by atoms with Gasteiger partial charge in [-0.15, -0.1) is 0 Å². The van der Waals surface area contributed by atoms with Gasteiger partial charge in [-0.05, 0) is 55.8 Å². The predicted molar refractivity (Wildman–Crippen MR) is 135 cm³/mol. The SMILES string of the molecule is CN1/C(=C/C=C/C=C/C2=[N+](C)c3ccc(C(F)(F)F)cc3C2(C)C)C(C)(C)c2cc(C(F)(F)F)ccc21. The van der Waals surface area contributed by atoms with Crippen molar-refractivity contribution in [2.24, 2.45) is 0 Å². The van der Waals surface area contributed by atoms with E-state index in [4.69, 9.17) is 0 Å². The molecule has 0 spiro atoms. The summed E-state index contributed by atoms with van der Waals surface area (Å²) in [5.41, 5.74) is 1.80. The predicted octanol–water partition coefficient (Wildman–Crippen LogP) is 8.15. The largest absolute Gasteiger partial charge is 0.416 e. The standard InChI is InChI=1S/C29H29F6N2/c1-26(2)20-16-18(28(30,31)32)12-14-22(20)36(5)24(26)10-8-7-9-11-25-27(3,4)21-17-19(29(33,34)35)13-15-23(21)37(25)6/h7-17H,1-6H3/q+1. The van der Waals surface area contributed by atoms with Crippen LogP contribution in [0.25, 0.3) is 0 Å². The summed E-state index contributed by atoms with van der Waals surface area (Å²) in [5, 5.41) is 0. The summed E-state index contributed by atoms with van der Waals surface area (Å²) in [7, 11) is 3.66. The molecule has 2 aromatic carbocycles. The number of hydrogen-bond acceptors (Lipinski definition) is 1. The number of fused-ring (bicyclic) bond motifs is 2. The molecule has 0 radical (unpaired) electrons. The molecule has 0 amide bonds. The first-order valence-corrected chi connectivity index (χ1v) is 11.8.